The van der Waals surface area contributed by atoms with Gasteiger partial charge in [-0.15, -0.1) is 0 Å². The Labute approximate surface area is 189 Å². The summed E-state index contributed by atoms with van der Waals surface area (Å²) in [6.45, 7) is 0.803. The molecule has 0 aliphatic rings. The van der Waals surface area contributed by atoms with Gasteiger partial charge in [-0.1, -0.05) is 12.1 Å². The Hall–Kier alpha value is -3.71. The van der Waals surface area contributed by atoms with Gasteiger partial charge in [-0.2, -0.15) is 0 Å². The minimum Gasteiger partial charge on any atom is -0.508 e. The molecule has 1 aromatic rings. The van der Waals surface area contributed by atoms with E-state index in [0.29, 0.717) is 5.56 Å². The van der Waals surface area contributed by atoms with Crippen molar-refractivity contribution >= 4 is 29.6 Å². The number of hydrogen-bond donors (Lipinski definition) is 8. The number of rotatable bonds is 13. The van der Waals surface area contributed by atoms with Crippen LogP contribution < -0.4 is 27.4 Å². The van der Waals surface area contributed by atoms with Crippen LogP contribution in [-0.4, -0.2) is 75.7 Å². The van der Waals surface area contributed by atoms with Crippen molar-refractivity contribution in [2.24, 2.45) is 11.5 Å². The fourth-order valence-electron chi connectivity index (χ4n) is 2.79. The third-order valence-corrected chi connectivity index (χ3v) is 4.57. The number of phenolic OH excluding ortho intramolecular Hbond substituents is 1. The average molecular weight is 467 g/mol. The lowest BCUT2D eigenvalue weighted by Crippen LogP contribution is -2.59. The Kier molecular flexibility index (Phi) is 10.7. The van der Waals surface area contributed by atoms with Crippen LogP contribution in [0.15, 0.2) is 24.3 Å². The largest absolute Gasteiger partial charge is 0.508 e. The molecule has 0 saturated carbocycles. The molecule has 10 N–H and O–H groups in total. The molecule has 0 bridgehead atoms. The number of aliphatic hydroxyl groups is 1. The van der Waals surface area contributed by atoms with Gasteiger partial charge in [-0.3, -0.25) is 19.2 Å². The Morgan fingerprint density at radius 2 is 1.58 bits per heavy atom. The molecule has 1 aromatic carbocycles. The molecule has 4 unspecified atom stereocenters. The molecule has 0 aliphatic carbocycles. The Morgan fingerprint density at radius 3 is 2.06 bits per heavy atom. The minimum atomic E-state index is -1.56. The third kappa shape index (κ3) is 9.53. The van der Waals surface area contributed by atoms with Crippen LogP contribution in [0.5, 0.6) is 5.75 Å². The molecule has 33 heavy (non-hydrogen) atoms. The molecule has 13 heteroatoms. The standard InChI is InChI=1S/C20H29N5O8/c1-10(26)17(19(31)24-13(20(32)33)6-7-15(22)28)25-18(30)14(23-16(29)9-21)8-11-2-4-12(27)5-3-11/h2-5,10,13-14,17,26-27H,6-9,21H2,1H3,(H2,22,28)(H,23,29)(H,24,31)(H,25,30)(H,32,33). The second-order valence-electron chi connectivity index (χ2n) is 7.33. The summed E-state index contributed by atoms with van der Waals surface area (Å²) in [5.74, 6) is -4.69. The van der Waals surface area contributed by atoms with Gasteiger partial charge in [0.1, 0.15) is 23.9 Å². The first-order chi connectivity index (χ1) is 15.4. The quantitative estimate of drug-likeness (QED) is 0.148. The zero-order valence-electron chi connectivity index (χ0n) is 18.0. The fraction of sp³-hybridized carbons (Fsp3) is 0.450. The predicted octanol–water partition coefficient (Wildman–Crippen LogP) is -2.92. The van der Waals surface area contributed by atoms with Crippen LogP contribution in [0.4, 0.5) is 0 Å². The molecule has 0 radical (unpaired) electrons. The van der Waals surface area contributed by atoms with E-state index in [1.54, 1.807) is 0 Å². The monoisotopic (exact) mass is 467 g/mol. The van der Waals surface area contributed by atoms with Crippen LogP contribution in [0, 0.1) is 0 Å². The summed E-state index contributed by atoms with van der Waals surface area (Å²) >= 11 is 0. The smallest absolute Gasteiger partial charge is 0.326 e. The summed E-state index contributed by atoms with van der Waals surface area (Å²) in [5, 5.41) is 35.5. The van der Waals surface area contributed by atoms with E-state index in [0.717, 1.165) is 0 Å². The van der Waals surface area contributed by atoms with E-state index in [1.165, 1.54) is 31.2 Å². The molecular weight excluding hydrogens is 438 g/mol. The second kappa shape index (κ2) is 13.0. The molecule has 13 nitrogen and oxygen atoms in total. The number of nitrogens with two attached hydrogens (primary N) is 2. The lowest BCUT2D eigenvalue weighted by atomic mass is 10.0. The molecule has 182 valence electrons. The first-order valence-electron chi connectivity index (χ1n) is 10.0. The molecule has 0 heterocycles. The number of amides is 4. The number of aromatic hydroxyl groups is 1. The van der Waals surface area contributed by atoms with Crippen LogP contribution >= 0.6 is 0 Å². The number of aliphatic carboxylic acids is 1. The van der Waals surface area contributed by atoms with Gasteiger partial charge in [0.2, 0.25) is 23.6 Å². The summed E-state index contributed by atoms with van der Waals surface area (Å²) in [6.07, 6.45) is -2.04. The summed E-state index contributed by atoms with van der Waals surface area (Å²) in [6, 6.07) is 1.60. The van der Waals surface area contributed by atoms with Gasteiger partial charge in [-0.25, -0.2) is 4.79 Å². The van der Waals surface area contributed by atoms with Crippen molar-refractivity contribution in [2.75, 3.05) is 6.54 Å². The normalized spacial score (nSPS) is 14.3. The number of nitrogens with one attached hydrogen (secondary N) is 3. The number of carboxylic acids is 1. The minimum absolute atomic E-state index is 0.000839. The number of carbonyl (C=O) groups excluding carboxylic acids is 4. The maximum Gasteiger partial charge on any atom is 0.326 e. The van der Waals surface area contributed by atoms with Crippen molar-refractivity contribution in [1.82, 2.24) is 16.0 Å². The highest BCUT2D eigenvalue weighted by atomic mass is 16.4. The first kappa shape index (κ1) is 27.3. The summed E-state index contributed by atoms with van der Waals surface area (Å²) in [7, 11) is 0. The van der Waals surface area contributed by atoms with Crippen LogP contribution in [-0.2, 0) is 30.4 Å². The molecule has 1 rings (SSSR count). The SMILES string of the molecule is CC(O)C(NC(=O)C(Cc1ccc(O)cc1)NC(=O)CN)C(=O)NC(CCC(N)=O)C(=O)O. The number of benzene rings is 1. The molecule has 4 amide bonds. The van der Waals surface area contributed by atoms with Crippen molar-refractivity contribution < 1.29 is 39.3 Å². The molecule has 0 spiro atoms. The Morgan fingerprint density at radius 1 is 0.970 bits per heavy atom. The van der Waals surface area contributed by atoms with Crippen molar-refractivity contribution in [3.05, 3.63) is 29.8 Å². The van der Waals surface area contributed by atoms with Crippen molar-refractivity contribution in [1.29, 1.82) is 0 Å². The molecule has 0 saturated heterocycles. The average Bonchev–Trinajstić information content (AvgIpc) is 2.74. The van der Waals surface area contributed by atoms with Crippen molar-refractivity contribution in [2.45, 2.75) is 50.4 Å². The van der Waals surface area contributed by atoms with E-state index in [1.807, 2.05) is 0 Å². The van der Waals surface area contributed by atoms with E-state index in [2.05, 4.69) is 16.0 Å². The van der Waals surface area contributed by atoms with E-state index >= 15 is 0 Å². The number of hydrogen-bond acceptors (Lipinski definition) is 8. The highest BCUT2D eigenvalue weighted by Crippen LogP contribution is 2.12. The highest BCUT2D eigenvalue weighted by molar-refractivity contribution is 5.94. The maximum absolute atomic E-state index is 12.8. The number of aliphatic hydroxyl groups excluding tert-OH is 1. The van der Waals surface area contributed by atoms with Gasteiger partial charge in [0.05, 0.1) is 12.6 Å². The lowest BCUT2D eigenvalue weighted by molar-refractivity contribution is -0.143. The molecular formula is C20H29N5O8. The summed E-state index contributed by atoms with van der Waals surface area (Å²) in [5.41, 5.74) is 10.9. The van der Waals surface area contributed by atoms with E-state index in [9.17, 15) is 39.3 Å². The Balaban J connectivity index is 2.99. The topological polar surface area (TPSA) is 234 Å². The summed E-state index contributed by atoms with van der Waals surface area (Å²) < 4.78 is 0. The van der Waals surface area contributed by atoms with Crippen LogP contribution in [0.1, 0.15) is 25.3 Å². The number of primary amides is 1. The van der Waals surface area contributed by atoms with Gasteiger partial charge < -0.3 is 42.7 Å². The van der Waals surface area contributed by atoms with E-state index < -0.39 is 60.4 Å². The Bertz CT molecular complexity index is 859. The molecule has 0 aliphatic heterocycles. The highest BCUT2D eigenvalue weighted by Gasteiger charge is 2.32. The fourth-order valence-corrected chi connectivity index (χ4v) is 2.79. The zero-order chi connectivity index (χ0) is 25.1. The van der Waals surface area contributed by atoms with Crippen LogP contribution in [0.25, 0.3) is 0 Å². The predicted molar refractivity (Wildman–Crippen MR) is 114 cm³/mol. The number of phenols is 1. The third-order valence-electron chi connectivity index (χ3n) is 4.57. The van der Waals surface area contributed by atoms with Gasteiger partial charge >= 0.3 is 5.97 Å². The first-order valence-corrected chi connectivity index (χ1v) is 10.0. The lowest BCUT2D eigenvalue weighted by Gasteiger charge is -2.26. The van der Waals surface area contributed by atoms with Crippen LogP contribution in [0.3, 0.4) is 0 Å². The summed E-state index contributed by atoms with van der Waals surface area (Å²) in [4.78, 5) is 59.5. The zero-order valence-corrected chi connectivity index (χ0v) is 18.0. The van der Waals surface area contributed by atoms with E-state index in [-0.39, 0.29) is 25.0 Å². The van der Waals surface area contributed by atoms with Gasteiger partial charge in [0, 0.05) is 12.8 Å². The van der Waals surface area contributed by atoms with Crippen molar-refractivity contribution in [3.63, 3.8) is 0 Å². The van der Waals surface area contributed by atoms with Gasteiger partial charge in [-0.05, 0) is 31.0 Å². The van der Waals surface area contributed by atoms with Crippen LogP contribution in [0.2, 0.25) is 0 Å². The van der Waals surface area contributed by atoms with Gasteiger partial charge in [0.25, 0.3) is 0 Å². The molecule has 0 fully saturated rings. The van der Waals surface area contributed by atoms with Crippen molar-refractivity contribution in [3.8, 4) is 5.75 Å². The number of carbonyl (C=O) groups is 5. The second-order valence-corrected chi connectivity index (χ2v) is 7.33. The molecule has 4 atom stereocenters. The van der Waals surface area contributed by atoms with E-state index in [4.69, 9.17) is 11.5 Å². The molecule has 0 aromatic heterocycles. The van der Waals surface area contributed by atoms with Gasteiger partial charge in [0.15, 0.2) is 0 Å². The number of carboxylic acid groups (broad SMARTS) is 1. The maximum atomic E-state index is 12.8.